The van der Waals surface area contributed by atoms with Gasteiger partial charge in [0.05, 0.1) is 11.6 Å². The maximum Gasteiger partial charge on any atom is 0.127 e. The van der Waals surface area contributed by atoms with Crippen molar-refractivity contribution in [1.82, 2.24) is 4.98 Å². The number of nitrogen functional groups attached to an aromatic ring is 1. The number of aromatic nitrogens is 1. The van der Waals surface area contributed by atoms with Crippen molar-refractivity contribution >= 4 is 16.7 Å². The Bertz CT molecular complexity index is 641. The van der Waals surface area contributed by atoms with E-state index in [2.05, 4.69) is 30.1 Å². The lowest BCUT2D eigenvalue weighted by Gasteiger charge is -2.10. The highest BCUT2D eigenvalue weighted by Gasteiger charge is 2.07. The zero-order valence-electron chi connectivity index (χ0n) is 12.7. The molecular weight excluding hydrogens is 258 g/mol. The van der Waals surface area contributed by atoms with Crippen LogP contribution in [0.1, 0.15) is 50.2 Å². The van der Waals surface area contributed by atoms with Crippen molar-refractivity contribution in [1.29, 1.82) is 5.26 Å². The van der Waals surface area contributed by atoms with E-state index in [0.29, 0.717) is 12.2 Å². The topological polar surface area (TPSA) is 62.7 Å². The average Bonchev–Trinajstić information content (AvgIpc) is 2.48. The third kappa shape index (κ3) is 3.95. The monoisotopic (exact) mass is 281 g/mol. The van der Waals surface area contributed by atoms with E-state index in [1.165, 1.54) is 23.8 Å². The zero-order chi connectivity index (χ0) is 15.1. The van der Waals surface area contributed by atoms with Gasteiger partial charge in [-0.3, -0.25) is 0 Å². The van der Waals surface area contributed by atoms with Crippen molar-refractivity contribution in [3.63, 3.8) is 0 Å². The Morgan fingerprint density at radius 1 is 1.14 bits per heavy atom. The highest BCUT2D eigenvalue weighted by atomic mass is 14.8. The SMILES string of the molecule is CCCCCc1cc2c(CCCC#N)cccc2nc1N. The van der Waals surface area contributed by atoms with Gasteiger partial charge in [-0.05, 0) is 48.9 Å². The minimum absolute atomic E-state index is 0.599. The van der Waals surface area contributed by atoms with Crippen LogP contribution in [0.25, 0.3) is 10.9 Å². The molecule has 1 aromatic carbocycles. The van der Waals surface area contributed by atoms with E-state index in [0.717, 1.165) is 36.8 Å². The lowest BCUT2D eigenvalue weighted by Crippen LogP contribution is -2.00. The summed E-state index contributed by atoms with van der Waals surface area (Å²) in [5, 5.41) is 9.87. The molecule has 0 atom stereocenters. The van der Waals surface area contributed by atoms with Gasteiger partial charge in [0.25, 0.3) is 0 Å². The smallest absolute Gasteiger partial charge is 0.127 e. The number of aryl methyl sites for hydroxylation is 2. The fourth-order valence-electron chi connectivity index (χ4n) is 2.65. The van der Waals surface area contributed by atoms with Crippen LogP contribution in [-0.2, 0) is 12.8 Å². The quantitative estimate of drug-likeness (QED) is 0.765. The van der Waals surface area contributed by atoms with Crippen LogP contribution in [0.4, 0.5) is 5.82 Å². The average molecular weight is 281 g/mol. The molecule has 2 aromatic rings. The molecule has 0 spiro atoms. The van der Waals surface area contributed by atoms with E-state index in [9.17, 15) is 0 Å². The molecule has 0 aliphatic rings. The molecule has 0 fully saturated rings. The Labute approximate surface area is 126 Å². The highest BCUT2D eigenvalue weighted by Crippen LogP contribution is 2.24. The first kappa shape index (κ1) is 15.3. The van der Waals surface area contributed by atoms with E-state index >= 15 is 0 Å². The van der Waals surface area contributed by atoms with Crippen LogP contribution in [0.5, 0.6) is 0 Å². The van der Waals surface area contributed by atoms with Crippen LogP contribution in [0.2, 0.25) is 0 Å². The molecule has 0 bridgehead atoms. The standard InChI is InChI=1S/C18H23N3/c1-2-3-4-9-15-13-16-14(8-5-6-12-19)10-7-11-17(16)21-18(15)20/h7,10-11,13H,2-6,8-9H2,1H3,(H2,20,21). The van der Waals surface area contributed by atoms with Gasteiger partial charge in [0.15, 0.2) is 0 Å². The number of rotatable bonds is 7. The first-order valence-electron chi connectivity index (χ1n) is 7.80. The van der Waals surface area contributed by atoms with Crippen molar-refractivity contribution < 1.29 is 0 Å². The Kier molecular flexibility index (Phi) is 5.57. The van der Waals surface area contributed by atoms with Gasteiger partial charge in [0.2, 0.25) is 0 Å². The number of fused-ring (bicyclic) bond motifs is 1. The predicted molar refractivity (Wildman–Crippen MR) is 87.9 cm³/mol. The largest absolute Gasteiger partial charge is 0.383 e. The fraction of sp³-hybridized carbons (Fsp3) is 0.444. The number of pyridine rings is 1. The second-order valence-electron chi connectivity index (χ2n) is 5.49. The number of hydrogen-bond acceptors (Lipinski definition) is 3. The molecule has 3 nitrogen and oxygen atoms in total. The lowest BCUT2D eigenvalue weighted by atomic mass is 9.99. The van der Waals surface area contributed by atoms with Gasteiger partial charge in [-0.1, -0.05) is 31.9 Å². The molecule has 0 saturated heterocycles. The molecule has 2 N–H and O–H groups in total. The number of nitrogens with two attached hydrogens (primary N) is 1. The Morgan fingerprint density at radius 2 is 1.95 bits per heavy atom. The Hall–Kier alpha value is -2.08. The van der Waals surface area contributed by atoms with E-state index in [1.807, 2.05) is 12.1 Å². The molecule has 0 aliphatic heterocycles. The summed E-state index contributed by atoms with van der Waals surface area (Å²) in [7, 11) is 0. The van der Waals surface area contributed by atoms with Crippen molar-refractivity contribution in [3.05, 3.63) is 35.4 Å². The predicted octanol–water partition coefficient (Wildman–Crippen LogP) is 4.40. The maximum atomic E-state index is 8.68. The molecular formula is C18H23N3. The van der Waals surface area contributed by atoms with E-state index in [1.54, 1.807) is 0 Å². The molecule has 2 rings (SSSR count). The van der Waals surface area contributed by atoms with Crippen LogP contribution in [0.15, 0.2) is 24.3 Å². The molecule has 1 aromatic heterocycles. The molecule has 0 radical (unpaired) electrons. The van der Waals surface area contributed by atoms with Crippen LogP contribution < -0.4 is 5.73 Å². The molecule has 3 heteroatoms. The summed E-state index contributed by atoms with van der Waals surface area (Å²) in [4.78, 5) is 4.56. The summed E-state index contributed by atoms with van der Waals surface area (Å²) in [6, 6.07) is 10.6. The number of hydrogen-bond donors (Lipinski definition) is 1. The molecule has 0 amide bonds. The van der Waals surface area contributed by atoms with Crippen LogP contribution in [0.3, 0.4) is 0 Å². The van der Waals surface area contributed by atoms with Crippen molar-refractivity contribution in [2.45, 2.75) is 51.9 Å². The van der Waals surface area contributed by atoms with Gasteiger partial charge in [-0.25, -0.2) is 4.98 Å². The van der Waals surface area contributed by atoms with Gasteiger partial charge < -0.3 is 5.73 Å². The van der Waals surface area contributed by atoms with Crippen molar-refractivity contribution in [3.8, 4) is 6.07 Å². The lowest BCUT2D eigenvalue weighted by molar-refractivity contribution is 0.717. The van der Waals surface area contributed by atoms with Crippen molar-refractivity contribution in [2.75, 3.05) is 5.73 Å². The van der Waals surface area contributed by atoms with E-state index in [4.69, 9.17) is 11.0 Å². The van der Waals surface area contributed by atoms with E-state index in [-0.39, 0.29) is 0 Å². The molecule has 1 heterocycles. The van der Waals surface area contributed by atoms with Gasteiger partial charge in [0, 0.05) is 11.8 Å². The van der Waals surface area contributed by atoms with Gasteiger partial charge >= 0.3 is 0 Å². The minimum atomic E-state index is 0.599. The number of anilines is 1. The third-order valence-corrected chi connectivity index (χ3v) is 3.85. The summed E-state index contributed by atoms with van der Waals surface area (Å²) < 4.78 is 0. The second kappa shape index (κ2) is 7.64. The molecule has 21 heavy (non-hydrogen) atoms. The normalized spacial score (nSPS) is 10.7. The molecule has 110 valence electrons. The highest BCUT2D eigenvalue weighted by molar-refractivity contribution is 5.84. The van der Waals surface area contributed by atoms with Crippen molar-refractivity contribution in [2.24, 2.45) is 0 Å². The third-order valence-electron chi connectivity index (χ3n) is 3.85. The summed E-state index contributed by atoms with van der Waals surface area (Å²) in [5.74, 6) is 0.660. The minimum Gasteiger partial charge on any atom is -0.383 e. The van der Waals surface area contributed by atoms with Gasteiger partial charge in [-0.2, -0.15) is 5.26 Å². The second-order valence-corrected chi connectivity index (χ2v) is 5.49. The molecule has 0 aliphatic carbocycles. The number of nitriles is 1. The zero-order valence-corrected chi connectivity index (χ0v) is 12.7. The fourth-order valence-corrected chi connectivity index (χ4v) is 2.65. The maximum absolute atomic E-state index is 8.68. The van der Waals surface area contributed by atoms with Crippen LogP contribution in [-0.4, -0.2) is 4.98 Å². The Morgan fingerprint density at radius 3 is 2.71 bits per heavy atom. The summed E-state index contributed by atoms with van der Waals surface area (Å²) in [5.41, 5.74) is 9.47. The first-order valence-corrected chi connectivity index (χ1v) is 7.80. The molecule has 0 unspecified atom stereocenters. The first-order chi connectivity index (χ1) is 10.3. The number of unbranched alkanes of at least 4 members (excludes halogenated alkanes) is 3. The van der Waals surface area contributed by atoms with Gasteiger partial charge in [-0.15, -0.1) is 0 Å². The summed E-state index contributed by atoms with van der Waals surface area (Å²) >= 11 is 0. The van der Waals surface area contributed by atoms with Gasteiger partial charge in [0.1, 0.15) is 5.82 Å². The Balaban J connectivity index is 2.29. The molecule has 0 saturated carbocycles. The summed E-state index contributed by atoms with van der Waals surface area (Å²) in [6.07, 6.45) is 7.00. The van der Waals surface area contributed by atoms with Crippen LogP contribution in [0, 0.1) is 11.3 Å². The number of nitrogens with zero attached hydrogens (tertiary/aromatic N) is 2. The van der Waals surface area contributed by atoms with E-state index < -0.39 is 0 Å². The van der Waals surface area contributed by atoms with Crippen LogP contribution >= 0.6 is 0 Å². The number of benzene rings is 1. The summed E-state index contributed by atoms with van der Waals surface area (Å²) in [6.45, 7) is 2.20.